The summed E-state index contributed by atoms with van der Waals surface area (Å²) in [6.45, 7) is 17.1. The van der Waals surface area contributed by atoms with Crippen LogP contribution in [0.4, 0.5) is 4.39 Å². The number of hydrogen-bond donors (Lipinski definition) is 1. The number of carbonyl (C=O) groups is 2. The summed E-state index contributed by atoms with van der Waals surface area (Å²) < 4.78 is 32.7. The van der Waals surface area contributed by atoms with Crippen LogP contribution in [0.2, 0.25) is 0 Å². The molecule has 10 heteroatoms. The molecule has 44 heavy (non-hydrogen) atoms. The molecular formula is C34H37FN4O5. The van der Waals surface area contributed by atoms with E-state index in [2.05, 4.69) is 23.6 Å². The van der Waals surface area contributed by atoms with E-state index in [1.54, 1.807) is 38.1 Å². The number of aromatic nitrogens is 3. The first-order chi connectivity index (χ1) is 21.0. The number of carbonyl (C=O) groups excluding carboxylic acids is 2. The molecule has 9 nitrogen and oxygen atoms in total. The average Bonchev–Trinajstić information content (AvgIpc) is 3.41. The molecule has 2 heterocycles. The third kappa shape index (κ3) is 7.20. The van der Waals surface area contributed by atoms with Crippen molar-refractivity contribution in [3.63, 3.8) is 0 Å². The molecule has 0 saturated carbocycles. The highest BCUT2D eigenvalue weighted by Crippen LogP contribution is 2.37. The zero-order valence-electron chi connectivity index (χ0n) is 25.6. The molecule has 2 aromatic carbocycles. The Labute approximate surface area is 256 Å². The van der Waals surface area contributed by atoms with E-state index in [0.717, 1.165) is 5.56 Å². The summed E-state index contributed by atoms with van der Waals surface area (Å²) in [5.41, 5.74) is 3.34. The lowest BCUT2D eigenvalue weighted by Crippen LogP contribution is -2.30. The van der Waals surface area contributed by atoms with Crippen LogP contribution in [0.5, 0.6) is 5.75 Å². The number of fused-ring (bicyclic) bond motifs is 1. The molecule has 1 atom stereocenters. The number of aryl methyl sites for hydroxylation is 1. The lowest BCUT2D eigenvalue weighted by Gasteiger charge is -2.29. The van der Waals surface area contributed by atoms with Crippen LogP contribution < -0.4 is 10.1 Å². The van der Waals surface area contributed by atoms with Crippen LogP contribution in [0.15, 0.2) is 67.8 Å². The summed E-state index contributed by atoms with van der Waals surface area (Å²) in [5.74, 6) is -1.21. The maximum absolute atomic E-state index is 13.8. The molecule has 0 fully saturated rings. The minimum Gasteiger partial charge on any atom is -0.489 e. The summed E-state index contributed by atoms with van der Waals surface area (Å²) in [5, 5.41) is 7.47. The van der Waals surface area contributed by atoms with Gasteiger partial charge in [0.2, 0.25) is 0 Å². The third-order valence-electron chi connectivity index (χ3n) is 6.56. The number of benzene rings is 2. The molecule has 0 bridgehead atoms. The van der Waals surface area contributed by atoms with Crippen molar-refractivity contribution in [2.24, 2.45) is 0 Å². The Kier molecular flexibility index (Phi) is 9.95. The first-order valence-electron chi connectivity index (χ1n) is 14.2. The van der Waals surface area contributed by atoms with Gasteiger partial charge in [0.05, 0.1) is 17.9 Å². The second kappa shape index (κ2) is 13.6. The van der Waals surface area contributed by atoms with Gasteiger partial charge in [-0.2, -0.15) is 5.10 Å². The van der Waals surface area contributed by atoms with E-state index in [9.17, 15) is 14.0 Å². The molecule has 0 aliphatic heterocycles. The largest absolute Gasteiger partial charge is 0.489 e. The molecule has 4 aromatic rings. The zero-order valence-corrected chi connectivity index (χ0v) is 25.6. The van der Waals surface area contributed by atoms with Crippen LogP contribution in [-0.2, 0) is 20.8 Å². The molecule has 0 aliphatic carbocycles. The number of esters is 1. The smallest absolute Gasteiger partial charge is 0.340 e. The van der Waals surface area contributed by atoms with Gasteiger partial charge in [-0.15, -0.1) is 0 Å². The molecule has 0 saturated heterocycles. The summed E-state index contributed by atoms with van der Waals surface area (Å²) >= 11 is 0. The third-order valence-corrected chi connectivity index (χ3v) is 6.56. The predicted molar refractivity (Wildman–Crippen MR) is 167 cm³/mol. The number of hydrogen-bond acceptors (Lipinski definition) is 7. The normalized spacial score (nSPS) is 12.0. The number of ether oxygens (including phenoxy) is 3. The van der Waals surface area contributed by atoms with Gasteiger partial charge in [-0.1, -0.05) is 55.6 Å². The van der Waals surface area contributed by atoms with Crippen molar-refractivity contribution in [1.82, 2.24) is 19.9 Å². The van der Waals surface area contributed by atoms with Gasteiger partial charge in [-0.3, -0.25) is 4.79 Å². The maximum Gasteiger partial charge on any atom is 0.340 e. The van der Waals surface area contributed by atoms with E-state index >= 15 is 0 Å². The fourth-order valence-electron chi connectivity index (χ4n) is 4.73. The highest BCUT2D eigenvalue weighted by molar-refractivity contribution is 5.94. The monoisotopic (exact) mass is 600 g/mol. The second-order valence-electron chi connectivity index (χ2n) is 10.9. The molecule has 230 valence electrons. The van der Waals surface area contributed by atoms with Gasteiger partial charge in [-0.05, 0) is 46.2 Å². The van der Waals surface area contributed by atoms with Crippen molar-refractivity contribution in [2.75, 3.05) is 13.2 Å². The van der Waals surface area contributed by atoms with Crippen molar-refractivity contribution in [1.29, 1.82) is 0 Å². The Morgan fingerprint density at radius 3 is 2.57 bits per heavy atom. The van der Waals surface area contributed by atoms with Crippen molar-refractivity contribution < 1.29 is 28.2 Å². The molecular weight excluding hydrogens is 563 g/mol. The standard InChI is InChI=1S/C34H37FN4O5/c1-8-17-43-27-18-24(35)16-15-23(27)20-36-32(40)26-19-28-37-21(4)29(31(33(41)42-10-3)44-34(5,6)7)30(39(28)38-26)25-14-12-11-13-22(25)9-2/h8-9,11-16,18-19,31H,1-2,10,17,20H2,3-7H3,(H,36,40)/t31-/m0/s1. The first kappa shape index (κ1) is 32.1. The number of nitrogens with zero attached hydrogens (tertiary/aromatic N) is 3. The lowest BCUT2D eigenvalue weighted by atomic mass is 9.95. The Bertz CT molecular complexity index is 1710. The maximum atomic E-state index is 13.8. The fraction of sp³-hybridized carbons (Fsp3) is 0.294. The molecule has 2 aromatic heterocycles. The minimum absolute atomic E-state index is 0.0632. The van der Waals surface area contributed by atoms with E-state index in [-0.39, 0.29) is 25.5 Å². The molecule has 0 radical (unpaired) electrons. The van der Waals surface area contributed by atoms with E-state index in [4.69, 9.17) is 19.2 Å². The van der Waals surface area contributed by atoms with Crippen molar-refractivity contribution in [3.8, 4) is 17.0 Å². The van der Waals surface area contributed by atoms with Gasteiger partial charge in [0.15, 0.2) is 17.4 Å². The van der Waals surface area contributed by atoms with Crippen molar-refractivity contribution in [3.05, 3.63) is 102 Å². The Morgan fingerprint density at radius 2 is 1.89 bits per heavy atom. The topological polar surface area (TPSA) is 104 Å². The van der Waals surface area contributed by atoms with Crippen LogP contribution in [0.1, 0.15) is 66.7 Å². The van der Waals surface area contributed by atoms with E-state index in [1.807, 2.05) is 45.0 Å². The second-order valence-corrected chi connectivity index (χ2v) is 10.9. The molecule has 1 N–H and O–H groups in total. The predicted octanol–water partition coefficient (Wildman–Crippen LogP) is 6.40. The highest BCUT2D eigenvalue weighted by Gasteiger charge is 2.34. The summed E-state index contributed by atoms with van der Waals surface area (Å²) in [7, 11) is 0. The number of nitrogens with one attached hydrogen (secondary N) is 1. The first-order valence-corrected chi connectivity index (χ1v) is 14.2. The number of amides is 1. The Balaban J connectivity index is 1.84. The van der Waals surface area contributed by atoms with Crippen LogP contribution in [-0.4, -0.2) is 45.3 Å². The van der Waals surface area contributed by atoms with Gasteiger partial charge < -0.3 is 19.5 Å². The van der Waals surface area contributed by atoms with Gasteiger partial charge in [-0.25, -0.2) is 18.7 Å². The van der Waals surface area contributed by atoms with Crippen LogP contribution in [0.25, 0.3) is 23.0 Å². The SMILES string of the molecule is C=CCOc1cc(F)ccc1CNC(=O)c1cc2nc(C)c([C@H](OC(C)(C)C)C(=O)OCC)c(-c3ccccc3C=C)n2n1. The highest BCUT2D eigenvalue weighted by atomic mass is 19.1. The molecule has 0 unspecified atom stereocenters. The van der Waals surface area contributed by atoms with Crippen molar-refractivity contribution in [2.45, 2.75) is 52.9 Å². The van der Waals surface area contributed by atoms with Gasteiger partial charge >= 0.3 is 5.97 Å². The Morgan fingerprint density at radius 1 is 1.14 bits per heavy atom. The molecule has 1 amide bonds. The van der Waals surface area contributed by atoms with E-state index in [1.165, 1.54) is 16.6 Å². The molecule has 0 aliphatic rings. The lowest BCUT2D eigenvalue weighted by molar-refractivity contribution is -0.166. The summed E-state index contributed by atoms with van der Waals surface area (Å²) in [4.78, 5) is 31.5. The Hall–Kier alpha value is -4.83. The number of rotatable bonds is 12. The zero-order chi connectivity index (χ0) is 32.0. The van der Waals surface area contributed by atoms with E-state index in [0.29, 0.717) is 39.5 Å². The van der Waals surface area contributed by atoms with Gasteiger partial charge in [0, 0.05) is 41.1 Å². The number of halogens is 1. The van der Waals surface area contributed by atoms with Gasteiger partial charge in [0.25, 0.3) is 5.91 Å². The fourth-order valence-corrected chi connectivity index (χ4v) is 4.73. The van der Waals surface area contributed by atoms with Gasteiger partial charge in [0.1, 0.15) is 18.2 Å². The van der Waals surface area contributed by atoms with Crippen LogP contribution in [0.3, 0.4) is 0 Å². The minimum atomic E-state index is -1.13. The van der Waals surface area contributed by atoms with Crippen LogP contribution in [0, 0.1) is 12.7 Å². The average molecular weight is 601 g/mol. The summed E-state index contributed by atoms with van der Waals surface area (Å²) in [6.07, 6.45) is 2.12. The quantitative estimate of drug-likeness (QED) is 0.148. The van der Waals surface area contributed by atoms with Crippen LogP contribution >= 0.6 is 0 Å². The molecule has 0 spiro atoms. The summed E-state index contributed by atoms with van der Waals surface area (Å²) in [6, 6.07) is 13.2. The van der Waals surface area contributed by atoms with Crippen molar-refractivity contribution >= 4 is 23.6 Å². The van der Waals surface area contributed by atoms with E-state index < -0.39 is 29.4 Å². The molecule has 4 rings (SSSR count).